The van der Waals surface area contributed by atoms with Crippen LogP contribution in [0.1, 0.15) is 26.3 Å². The monoisotopic (exact) mass is 492 g/mol. The normalized spacial score (nSPS) is 13.4. The summed E-state index contributed by atoms with van der Waals surface area (Å²) in [6, 6.07) is 22.1. The summed E-state index contributed by atoms with van der Waals surface area (Å²) in [5, 5.41) is 6.57. The molecular weight excluding hydrogens is 468 g/mol. The number of amides is 2. The first-order chi connectivity index (χ1) is 16.4. The molecule has 4 rings (SSSR count). The lowest BCUT2D eigenvalue weighted by Gasteiger charge is -2.37. The average Bonchev–Trinajstić information content (AvgIpc) is 2.85. The van der Waals surface area contributed by atoms with Crippen LogP contribution in [0.15, 0.2) is 72.8 Å². The highest BCUT2D eigenvalue weighted by atomic mass is 35.5. The fourth-order valence-electron chi connectivity index (χ4n) is 3.83. The van der Waals surface area contributed by atoms with Crippen molar-refractivity contribution in [1.29, 1.82) is 0 Å². The minimum Gasteiger partial charge on any atom is -0.366 e. The van der Waals surface area contributed by atoms with Crippen LogP contribution < -0.4 is 15.5 Å². The molecule has 0 atom stereocenters. The van der Waals surface area contributed by atoms with Gasteiger partial charge in [0.2, 0.25) is 0 Å². The van der Waals surface area contributed by atoms with Gasteiger partial charge in [-0.15, -0.1) is 0 Å². The molecule has 2 amide bonds. The summed E-state index contributed by atoms with van der Waals surface area (Å²) in [5.74, 6) is -0.246. The number of nitrogens with one attached hydrogen (secondary N) is 2. The average molecular weight is 493 g/mol. The highest BCUT2D eigenvalue weighted by Crippen LogP contribution is 2.30. The van der Waals surface area contributed by atoms with Crippen molar-refractivity contribution in [2.75, 3.05) is 36.4 Å². The summed E-state index contributed by atoms with van der Waals surface area (Å²) in [6.45, 7) is 4.50. The van der Waals surface area contributed by atoms with Gasteiger partial charge in [0.05, 0.1) is 11.4 Å². The van der Waals surface area contributed by atoms with Crippen LogP contribution in [-0.2, 0) is 0 Å². The maximum Gasteiger partial charge on any atom is 0.257 e. The van der Waals surface area contributed by atoms with E-state index in [0.717, 1.165) is 11.3 Å². The van der Waals surface area contributed by atoms with Crippen molar-refractivity contribution >= 4 is 52.1 Å². The predicted molar refractivity (Wildman–Crippen MR) is 141 cm³/mol. The molecule has 34 heavy (non-hydrogen) atoms. The zero-order chi connectivity index (χ0) is 24.1. The van der Waals surface area contributed by atoms with Gasteiger partial charge in [0, 0.05) is 42.3 Å². The van der Waals surface area contributed by atoms with E-state index in [1.54, 1.807) is 18.2 Å². The smallest absolute Gasteiger partial charge is 0.257 e. The second-order valence-corrected chi connectivity index (χ2v) is 8.93. The van der Waals surface area contributed by atoms with E-state index in [2.05, 4.69) is 15.5 Å². The summed E-state index contributed by atoms with van der Waals surface area (Å²) in [6.07, 6.45) is 0. The number of thiocarbonyl (C=S) groups is 1. The largest absolute Gasteiger partial charge is 0.366 e. The minimum atomic E-state index is -0.283. The van der Waals surface area contributed by atoms with Crippen molar-refractivity contribution in [3.8, 4) is 0 Å². The van der Waals surface area contributed by atoms with Gasteiger partial charge < -0.3 is 15.1 Å². The Labute approximate surface area is 209 Å². The standard InChI is InChI=1S/C26H25ClN4O2S/c1-18-7-9-19(10-8-18)24(32)29-26(34)28-22-17-21(27)11-12-23(22)30-13-15-31(16-14-30)25(33)20-5-3-2-4-6-20/h2-12,17H,13-16H2,1H3,(H2,28,29,32,34). The molecule has 1 heterocycles. The van der Waals surface area contributed by atoms with E-state index in [1.807, 2.05) is 66.4 Å². The van der Waals surface area contributed by atoms with E-state index in [1.165, 1.54) is 0 Å². The number of hydrogen-bond acceptors (Lipinski definition) is 4. The van der Waals surface area contributed by atoms with Crippen LogP contribution in [0.3, 0.4) is 0 Å². The Morgan fingerprint density at radius 3 is 2.24 bits per heavy atom. The van der Waals surface area contributed by atoms with Gasteiger partial charge in [0.25, 0.3) is 11.8 Å². The molecule has 0 unspecified atom stereocenters. The lowest BCUT2D eigenvalue weighted by atomic mass is 10.1. The first-order valence-electron chi connectivity index (χ1n) is 11.0. The molecule has 0 bridgehead atoms. The Kier molecular flexibility index (Phi) is 7.45. The maximum absolute atomic E-state index is 12.8. The number of rotatable bonds is 4. The number of nitrogens with zero attached hydrogens (tertiary/aromatic N) is 2. The molecule has 1 fully saturated rings. The Bertz CT molecular complexity index is 1190. The Morgan fingerprint density at radius 1 is 0.882 bits per heavy atom. The molecule has 1 aliphatic heterocycles. The lowest BCUT2D eigenvalue weighted by Crippen LogP contribution is -2.49. The van der Waals surface area contributed by atoms with Crippen molar-refractivity contribution in [3.05, 3.63) is 94.5 Å². The van der Waals surface area contributed by atoms with Crippen LogP contribution in [0.25, 0.3) is 0 Å². The quantitative estimate of drug-likeness (QED) is 0.515. The highest BCUT2D eigenvalue weighted by molar-refractivity contribution is 7.80. The van der Waals surface area contributed by atoms with E-state index in [9.17, 15) is 9.59 Å². The second kappa shape index (κ2) is 10.7. The third kappa shape index (κ3) is 5.73. The van der Waals surface area contributed by atoms with Gasteiger partial charge in [0.1, 0.15) is 0 Å². The molecular formula is C26H25ClN4O2S. The number of benzene rings is 3. The van der Waals surface area contributed by atoms with E-state index in [-0.39, 0.29) is 16.9 Å². The molecule has 2 N–H and O–H groups in total. The summed E-state index contributed by atoms with van der Waals surface area (Å²) in [7, 11) is 0. The summed E-state index contributed by atoms with van der Waals surface area (Å²) < 4.78 is 0. The Hall–Kier alpha value is -3.42. The van der Waals surface area contributed by atoms with Crippen molar-refractivity contribution in [1.82, 2.24) is 10.2 Å². The van der Waals surface area contributed by atoms with Crippen LogP contribution in [0.2, 0.25) is 5.02 Å². The van der Waals surface area contributed by atoms with E-state index in [0.29, 0.717) is 48.0 Å². The number of hydrogen-bond donors (Lipinski definition) is 2. The molecule has 3 aromatic rings. The van der Waals surface area contributed by atoms with Gasteiger partial charge in [0.15, 0.2) is 5.11 Å². The maximum atomic E-state index is 12.8. The van der Waals surface area contributed by atoms with Crippen LogP contribution in [0.4, 0.5) is 11.4 Å². The summed E-state index contributed by atoms with van der Waals surface area (Å²) >= 11 is 11.6. The van der Waals surface area contributed by atoms with Crippen LogP contribution in [0.5, 0.6) is 0 Å². The van der Waals surface area contributed by atoms with Crippen LogP contribution in [-0.4, -0.2) is 48.0 Å². The van der Waals surface area contributed by atoms with E-state index < -0.39 is 0 Å². The minimum absolute atomic E-state index is 0.0368. The summed E-state index contributed by atoms with van der Waals surface area (Å²) in [4.78, 5) is 29.3. The van der Waals surface area contributed by atoms with Gasteiger partial charge in [-0.2, -0.15) is 0 Å². The SMILES string of the molecule is Cc1ccc(C(=O)NC(=S)Nc2cc(Cl)ccc2N2CCN(C(=O)c3ccccc3)CC2)cc1. The molecule has 0 aliphatic carbocycles. The van der Waals surface area contributed by atoms with Crippen molar-refractivity contribution in [2.24, 2.45) is 0 Å². The summed E-state index contributed by atoms with van der Waals surface area (Å²) in [5.41, 5.74) is 3.90. The molecule has 0 aromatic heterocycles. The van der Waals surface area contributed by atoms with Crippen molar-refractivity contribution in [3.63, 3.8) is 0 Å². The molecule has 8 heteroatoms. The van der Waals surface area contributed by atoms with Crippen molar-refractivity contribution < 1.29 is 9.59 Å². The second-order valence-electron chi connectivity index (χ2n) is 8.08. The predicted octanol–water partition coefficient (Wildman–Crippen LogP) is 4.74. The third-order valence-electron chi connectivity index (χ3n) is 5.68. The molecule has 0 radical (unpaired) electrons. The van der Waals surface area contributed by atoms with Crippen LogP contribution >= 0.6 is 23.8 Å². The number of aryl methyl sites for hydroxylation is 1. The zero-order valence-electron chi connectivity index (χ0n) is 18.8. The molecule has 1 saturated heterocycles. The van der Waals surface area contributed by atoms with Crippen LogP contribution in [0, 0.1) is 6.92 Å². The lowest BCUT2D eigenvalue weighted by molar-refractivity contribution is 0.0746. The van der Waals surface area contributed by atoms with Gasteiger partial charge in [-0.05, 0) is 61.6 Å². The van der Waals surface area contributed by atoms with Gasteiger partial charge in [-0.25, -0.2) is 0 Å². The van der Waals surface area contributed by atoms with Crippen molar-refractivity contribution in [2.45, 2.75) is 6.92 Å². The number of anilines is 2. The number of carbonyl (C=O) groups is 2. The molecule has 0 spiro atoms. The number of halogens is 1. The van der Waals surface area contributed by atoms with E-state index in [4.69, 9.17) is 23.8 Å². The van der Waals surface area contributed by atoms with E-state index >= 15 is 0 Å². The molecule has 3 aromatic carbocycles. The molecule has 0 saturated carbocycles. The Balaban J connectivity index is 1.41. The highest BCUT2D eigenvalue weighted by Gasteiger charge is 2.24. The van der Waals surface area contributed by atoms with Gasteiger partial charge in [-0.3, -0.25) is 14.9 Å². The van der Waals surface area contributed by atoms with Gasteiger partial charge >= 0.3 is 0 Å². The first-order valence-corrected chi connectivity index (χ1v) is 11.8. The topological polar surface area (TPSA) is 64.7 Å². The molecule has 174 valence electrons. The number of piperazine rings is 1. The number of carbonyl (C=O) groups excluding carboxylic acids is 2. The fraction of sp³-hybridized carbons (Fsp3) is 0.192. The third-order valence-corrected chi connectivity index (χ3v) is 6.12. The molecule has 6 nitrogen and oxygen atoms in total. The zero-order valence-corrected chi connectivity index (χ0v) is 20.3. The molecule has 1 aliphatic rings. The Morgan fingerprint density at radius 2 is 1.56 bits per heavy atom. The first kappa shape index (κ1) is 23.7. The van der Waals surface area contributed by atoms with Gasteiger partial charge in [-0.1, -0.05) is 47.5 Å². The fourth-order valence-corrected chi connectivity index (χ4v) is 4.21.